The Hall–Kier alpha value is -1.55. The van der Waals surface area contributed by atoms with Crippen molar-refractivity contribution in [3.05, 3.63) is 29.8 Å². The van der Waals surface area contributed by atoms with E-state index in [0.29, 0.717) is 11.8 Å². The summed E-state index contributed by atoms with van der Waals surface area (Å²) in [6.45, 7) is 4.95. The van der Waals surface area contributed by atoms with Crippen molar-refractivity contribution in [3.63, 3.8) is 0 Å². The van der Waals surface area contributed by atoms with Crippen LogP contribution < -0.4 is 10.1 Å². The maximum Gasteiger partial charge on any atom is 0.226 e. The second kappa shape index (κ2) is 7.35. The van der Waals surface area contributed by atoms with Crippen LogP contribution in [0.1, 0.15) is 44.2 Å². The predicted molar refractivity (Wildman–Crippen MR) is 91.4 cm³/mol. The van der Waals surface area contributed by atoms with Gasteiger partial charge in [-0.1, -0.05) is 31.9 Å². The fourth-order valence-electron chi connectivity index (χ4n) is 3.67. The van der Waals surface area contributed by atoms with Gasteiger partial charge in [0.15, 0.2) is 0 Å². The smallest absolute Gasteiger partial charge is 0.226 e. The van der Waals surface area contributed by atoms with Crippen LogP contribution in [0, 0.1) is 11.8 Å². The summed E-state index contributed by atoms with van der Waals surface area (Å²) in [6.07, 6.45) is 4.59. The number of carbonyl (C=O) groups is 1. The summed E-state index contributed by atoms with van der Waals surface area (Å²) in [5, 5.41) is 3.28. The van der Waals surface area contributed by atoms with Crippen LogP contribution in [0.2, 0.25) is 0 Å². The quantitative estimate of drug-likeness (QED) is 0.928. The largest absolute Gasteiger partial charge is 0.497 e. The van der Waals surface area contributed by atoms with E-state index in [1.54, 1.807) is 7.11 Å². The monoisotopic (exact) mass is 316 g/mol. The highest BCUT2D eigenvalue weighted by molar-refractivity contribution is 5.79. The first kappa shape index (κ1) is 16.3. The third-order valence-corrected chi connectivity index (χ3v) is 5.45. The molecule has 2 atom stereocenters. The zero-order valence-corrected chi connectivity index (χ0v) is 14.3. The number of likely N-dealkylation sites (tertiary alicyclic amines) is 1. The summed E-state index contributed by atoms with van der Waals surface area (Å²) in [7, 11) is 1.69. The highest BCUT2D eigenvalue weighted by atomic mass is 16.5. The average Bonchev–Trinajstić information content (AvgIpc) is 2.78. The van der Waals surface area contributed by atoms with Crippen LogP contribution in [0.25, 0.3) is 0 Å². The fraction of sp³-hybridized carbons (Fsp3) is 0.632. The number of benzene rings is 1. The molecule has 3 rings (SSSR count). The normalized spacial score (nSPS) is 23.7. The lowest BCUT2D eigenvalue weighted by Gasteiger charge is -2.38. The van der Waals surface area contributed by atoms with E-state index in [4.69, 9.17) is 4.74 Å². The van der Waals surface area contributed by atoms with Crippen LogP contribution in [-0.4, -0.2) is 37.6 Å². The number of hydrogen-bond acceptors (Lipinski definition) is 3. The SMILES string of the molecule is COc1ccc(C2CCCCCN2C(=O)C(C)C2CNC2)cc1. The Kier molecular flexibility index (Phi) is 5.21. The summed E-state index contributed by atoms with van der Waals surface area (Å²) in [4.78, 5) is 15.2. The van der Waals surface area contributed by atoms with Crippen molar-refractivity contribution >= 4 is 5.91 Å². The molecule has 126 valence electrons. The van der Waals surface area contributed by atoms with Crippen LogP contribution >= 0.6 is 0 Å². The average molecular weight is 316 g/mol. The van der Waals surface area contributed by atoms with Gasteiger partial charge in [0.05, 0.1) is 13.2 Å². The van der Waals surface area contributed by atoms with Gasteiger partial charge in [0.2, 0.25) is 5.91 Å². The zero-order valence-electron chi connectivity index (χ0n) is 14.3. The van der Waals surface area contributed by atoms with Crippen LogP contribution in [0.5, 0.6) is 5.75 Å². The number of nitrogens with one attached hydrogen (secondary N) is 1. The molecule has 0 spiro atoms. The second-order valence-electron chi connectivity index (χ2n) is 6.88. The molecule has 2 saturated heterocycles. The van der Waals surface area contributed by atoms with Crippen LogP contribution in [0.3, 0.4) is 0 Å². The lowest BCUT2D eigenvalue weighted by molar-refractivity contribution is -0.140. The maximum absolute atomic E-state index is 13.1. The molecule has 1 aromatic carbocycles. The van der Waals surface area contributed by atoms with Gasteiger partial charge >= 0.3 is 0 Å². The highest BCUT2D eigenvalue weighted by Gasteiger charge is 2.35. The molecule has 2 heterocycles. The molecule has 1 amide bonds. The Bertz CT molecular complexity index is 525. The Morgan fingerprint density at radius 3 is 2.57 bits per heavy atom. The van der Waals surface area contributed by atoms with Gasteiger partial charge in [-0.05, 0) is 49.5 Å². The number of rotatable bonds is 4. The summed E-state index contributed by atoms with van der Waals surface area (Å²) in [5.41, 5.74) is 1.24. The molecule has 4 nitrogen and oxygen atoms in total. The lowest BCUT2D eigenvalue weighted by Crippen LogP contribution is -2.51. The van der Waals surface area contributed by atoms with Crippen LogP contribution in [0.15, 0.2) is 24.3 Å². The van der Waals surface area contributed by atoms with Gasteiger partial charge in [0.1, 0.15) is 5.75 Å². The van der Waals surface area contributed by atoms with Crippen molar-refractivity contribution in [2.24, 2.45) is 11.8 Å². The topological polar surface area (TPSA) is 41.6 Å². The maximum atomic E-state index is 13.1. The minimum Gasteiger partial charge on any atom is -0.497 e. The number of amides is 1. The van der Waals surface area contributed by atoms with Crippen molar-refractivity contribution in [2.45, 2.75) is 38.6 Å². The molecule has 2 aliphatic heterocycles. The van der Waals surface area contributed by atoms with Crippen molar-refractivity contribution in [2.75, 3.05) is 26.7 Å². The minimum absolute atomic E-state index is 0.120. The van der Waals surface area contributed by atoms with E-state index in [-0.39, 0.29) is 12.0 Å². The number of nitrogens with zero attached hydrogens (tertiary/aromatic N) is 1. The molecule has 0 radical (unpaired) electrons. The molecule has 4 heteroatoms. The molecule has 2 aliphatic rings. The molecule has 1 aromatic rings. The number of methoxy groups -OCH3 is 1. The third-order valence-electron chi connectivity index (χ3n) is 5.45. The Labute approximate surface area is 139 Å². The fourth-order valence-corrected chi connectivity index (χ4v) is 3.67. The van der Waals surface area contributed by atoms with Crippen molar-refractivity contribution < 1.29 is 9.53 Å². The molecule has 0 bridgehead atoms. The van der Waals surface area contributed by atoms with Gasteiger partial charge in [0, 0.05) is 12.5 Å². The third kappa shape index (κ3) is 3.52. The number of hydrogen-bond donors (Lipinski definition) is 1. The Balaban J connectivity index is 1.79. The first-order chi connectivity index (χ1) is 11.2. The number of carbonyl (C=O) groups excluding carboxylic acids is 1. The second-order valence-corrected chi connectivity index (χ2v) is 6.88. The standard InChI is InChI=1S/C19H28N2O2/c1-14(16-12-20-13-16)19(22)21-11-5-3-4-6-18(21)15-7-9-17(23-2)10-8-15/h7-10,14,16,18,20H,3-6,11-13H2,1-2H3. The van der Waals surface area contributed by atoms with Gasteiger partial charge in [-0.2, -0.15) is 0 Å². The zero-order chi connectivity index (χ0) is 16.2. The van der Waals surface area contributed by atoms with E-state index in [2.05, 4.69) is 29.3 Å². The van der Waals surface area contributed by atoms with Crippen molar-refractivity contribution in [1.82, 2.24) is 10.2 Å². The Morgan fingerprint density at radius 2 is 1.96 bits per heavy atom. The van der Waals surface area contributed by atoms with E-state index in [1.165, 1.54) is 18.4 Å². The summed E-state index contributed by atoms with van der Waals surface area (Å²) in [5.74, 6) is 1.82. The van der Waals surface area contributed by atoms with E-state index in [1.807, 2.05) is 12.1 Å². The summed E-state index contributed by atoms with van der Waals surface area (Å²) in [6, 6.07) is 8.45. The molecular weight excluding hydrogens is 288 g/mol. The van der Waals surface area contributed by atoms with E-state index in [0.717, 1.165) is 38.2 Å². The lowest BCUT2D eigenvalue weighted by atomic mass is 9.87. The molecule has 2 unspecified atom stereocenters. The summed E-state index contributed by atoms with van der Waals surface area (Å²) < 4.78 is 5.26. The van der Waals surface area contributed by atoms with Crippen LogP contribution in [-0.2, 0) is 4.79 Å². The van der Waals surface area contributed by atoms with Gasteiger partial charge in [0.25, 0.3) is 0 Å². The van der Waals surface area contributed by atoms with Gasteiger partial charge in [-0.3, -0.25) is 4.79 Å². The molecule has 0 aliphatic carbocycles. The van der Waals surface area contributed by atoms with Gasteiger partial charge in [-0.15, -0.1) is 0 Å². The van der Waals surface area contributed by atoms with Gasteiger partial charge in [-0.25, -0.2) is 0 Å². The van der Waals surface area contributed by atoms with Crippen molar-refractivity contribution in [3.8, 4) is 5.75 Å². The van der Waals surface area contributed by atoms with Crippen LogP contribution in [0.4, 0.5) is 0 Å². The highest BCUT2D eigenvalue weighted by Crippen LogP contribution is 2.33. The predicted octanol–water partition coefficient (Wildman–Crippen LogP) is 2.99. The number of ether oxygens (including phenoxy) is 1. The van der Waals surface area contributed by atoms with Gasteiger partial charge < -0.3 is 15.0 Å². The van der Waals surface area contributed by atoms with E-state index in [9.17, 15) is 4.79 Å². The van der Waals surface area contributed by atoms with E-state index < -0.39 is 0 Å². The minimum atomic E-state index is 0.120. The first-order valence-corrected chi connectivity index (χ1v) is 8.86. The molecule has 0 saturated carbocycles. The summed E-state index contributed by atoms with van der Waals surface area (Å²) >= 11 is 0. The molecule has 2 fully saturated rings. The van der Waals surface area contributed by atoms with E-state index >= 15 is 0 Å². The molecule has 0 aromatic heterocycles. The molecule has 23 heavy (non-hydrogen) atoms. The Morgan fingerprint density at radius 1 is 1.22 bits per heavy atom. The first-order valence-electron chi connectivity index (χ1n) is 8.86. The van der Waals surface area contributed by atoms with Crippen molar-refractivity contribution in [1.29, 1.82) is 0 Å². The molecular formula is C19H28N2O2. The molecule has 1 N–H and O–H groups in total.